The number of nitrogens with one attached hydrogen (secondary N) is 1. The van der Waals surface area contributed by atoms with Crippen molar-refractivity contribution in [3.05, 3.63) is 0 Å². The third kappa shape index (κ3) is 2.33. The summed E-state index contributed by atoms with van der Waals surface area (Å²) in [5.41, 5.74) is 0.543. The van der Waals surface area contributed by atoms with Gasteiger partial charge in [0.1, 0.15) is 0 Å². The van der Waals surface area contributed by atoms with Crippen molar-refractivity contribution in [2.45, 2.75) is 52.0 Å². The molecule has 1 aliphatic heterocycles. The van der Waals surface area contributed by atoms with Gasteiger partial charge in [0.2, 0.25) is 0 Å². The van der Waals surface area contributed by atoms with E-state index in [-0.39, 0.29) is 0 Å². The van der Waals surface area contributed by atoms with Gasteiger partial charge in [-0.05, 0) is 37.5 Å². The smallest absolute Gasteiger partial charge is 0.193 e. The fraction of sp³-hybridized carbons (Fsp3) is 0.923. The highest BCUT2D eigenvalue weighted by atomic mass is 15.3. The van der Waals surface area contributed by atoms with Crippen LogP contribution in [0.2, 0.25) is 0 Å². The van der Waals surface area contributed by atoms with Crippen molar-refractivity contribution in [1.82, 2.24) is 10.2 Å². The Morgan fingerprint density at radius 1 is 1.38 bits per heavy atom. The summed E-state index contributed by atoms with van der Waals surface area (Å²) < 4.78 is 0. The van der Waals surface area contributed by atoms with Crippen molar-refractivity contribution in [2.24, 2.45) is 10.4 Å². The molecule has 1 saturated carbocycles. The quantitative estimate of drug-likeness (QED) is 0.587. The van der Waals surface area contributed by atoms with Crippen LogP contribution in [0.4, 0.5) is 0 Å². The Bertz CT molecular complexity index is 264. The Balaban J connectivity index is 1.95. The number of aliphatic imine (C=N–C) groups is 1. The van der Waals surface area contributed by atoms with E-state index in [9.17, 15) is 0 Å². The highest BCUT2D eigenvalue weighted by molar-refractivity contribution is 5.80. The van der Waals surface area contributed by atoms with Crippen LogP contribution in [0.5, 0.6) is 0 Å². The summed E-state index contributed by atoms with van der Waals surface area (Å²) in [5, 5.41) is 3.54. The first-order valence-electron chi connectivity index (χ1n) is 6.71. The Labute approximate surface area is 99.3 Å². The number of rotatable bonds is 3. The minimum Gasteiger partial charge on any atom is -0.354 e. The molecule has 0 bridgehead atoms. The van der Waals surface area contributed by atoms with Gasteiger partial charge in [-0.1, -0.05) is 13.8 Å². The number of hydrogen-bond donors (Lipinski definition) is 1. The molecule has 1 aliphatic carbocycles. The number of likely N-dealkylation sites (tertiary alicyclic amines) is 1. The van der Waals surface area contributed by atoms with Crippen molar-refractivity contribution < 1.29 is 0 Å². The predicted octanol–water partition coefficient (Wildman–Crippen LogP) is 2.24. The zero-order valence-electron chi connectivity index (χ0n) is 10.9. The largest absolute Gasteiger partial charge is 0.354 e. The molecule has 3 heteroatoms. The molecular formula is C13H25N3. The lowest BCUT2D eigenvalue weighted by molar-refractivity contribution is 0.276. The van der Waals surface area contributed by atoms with Crippen molar-refractivity contribution in [3.8, 4) is 0 Å². The van der Waals surface area contributed by atoms with Crippen LogP contribution >= 0.6 is 0 Å². The van der Waals surface area contributed by atoms with Gasteiger partial charge in [0, 0.05) is 26.2 Å². The van der Waals surface area contributed by atoms with Crippen molar-refractivity contribution in [2.75, 3.05) is 20.1 Å². The summed E-state index contributed by atoms with van der Waals surface area (Å²) >= 11 is 0. The van der Waals surface area contributed by atoms with E-state index in [0.717, 1.165) is 5.96 Å². The molecule has 16 heavy (non-hydrogen) atoms. The molecular weight excluding hydrogens is 198 g/mol. The van der Waals surface area contributed by atoms with Crippen molar-refractivity contribution in [1.29, 1.82) is 0 Å². The van der Waals surface area contributed by atoms with Crippen molar-refractivity contribution in [3.63, 3.8) is 0 Å². The molecule has 0 radical (unpaired) electrons. The molecule has 0 aromatic rings. The second kappa shape index (κ2) is 4.64. The molecule has 0 unspecified atom stereocenters. The molecule has 0 atom stereocenters. The van der Waals surface area contributed by atoms with E-state index in [1.165, 1.54) is 45.2 Å². The van der Waals surface area contributed by atoms with Gasteiger partial charge in [-0.25, -0.2) is 0 Å². The van der Waals surface area contributed by atoms with Gasteiger partial charge in [0.25, 0.3) is 0 Å². The van der Waals surface area contributed by atoms with Crippen LogP contribution < -0.4 is 5.32 Å². The highest BCUT2D eigenvalue weighted by Gasteiger charge is 2.37. The minimum absolute atomic E-state index is 0.543. The fourth-order valence-corrected chi connectivity index (χ4v) is 2.65. The van der Waals surface area contributed by atoms with Crippen LogP contribution in [-0.2, 0) is 0 Å². The summed E-state index contributed by atoms with van der Waals surface area (Å²) in [6.07, 6.45) is 6.55. The Hall–Kier alpha value is -0.730. The fourth-order valence-electron chi connectivity index (χ4n) is 2.65. The molecule has 0 amide bonds. The number of nitrogens with zero attached hydrogens (tertiary/aromatic N) is 2. The van der Waals surface area contributed by atoms with E-state index < -0.39 is 0 Å². The normalized spacial score (nSPS) is 24.9. The molecule has 2 fully saturated rings. The van der Waals surface area contributed by atoms with E-state index in [0.29, 0.717) is 11.5 Å². The molecule has 92 valence electrons. The van der Waals surface area contributed by atoms with E-state index in [1.54, 1.807) is 0 Å². The average molecular weight is 223 g/mol. The lowest BCUT2D eigenvalue weighted by Crippen LogP contribution is -2.42. The van der Waals surface area contributed by atoms with Crippen LogP contribution in [-0.4, -0.2) is 37.0 Å². The summed E-state index contributed by atoms with van der Waals surface area (Å²) in [4.78, 5) is 6.87. The van der Waals surface area contributed by atoms with Crippen LogP contribution in [0.15, 0.2) is 4.99 Å². The summed E-state index contributed by atoms with van der Waals surface area (Å²) in [5.74, 6) is 1.13. The molecule has 2 aliphatic rings. The third-order valence-electron chi connectivity index (χ3n) is 4.36. The summed E-state index contributed by atoms with van der Waals surface area (Å²) in [6, 6.07) is 0.706. The monoisotopic (exact) mass is 223 g/mol. The number of guanidine groups is 1. The van der Waals surface area contributed by atoms with E-state index >= 15 is 0 Å². The standard InChI is InChI=1S/C13H25N3/c1-4-13(5-2)8-9-16(10-13)12(14-3)15-11-6-7-11/h11H,4-10H2,1-3H3,(H,14,15). The van der Waals surface area contributed by atoms with Gasteiger partial charge in [0.15, 0.2) is 5.96 Å². The van der Waals surface area contributed by atoms with Gasteiger partial charge in [0.05, 0.1) is 0 Å². The Kier molecular flexibility index (Phi) is 3.41. The van der Waals surface area contributed by atoms with Gasteiger partial charge >= 0.3 is 0 Å². The second-order valence-corrected chi connectivity index (χ2v) is 5.34. The molecule has 0 spiro atoms. The lowest BCUT2D eigenvalue weighted by atomic mass is 9.82. The Morgan fingerprint density at radius 3 is 2.50 bits per heavy atom. The lowest BCUT2D eigenvalue weighted by Gasteiger charge is -2.27. The SMILES string of the molecule is CCC1(CC)CCN(C(=NC)NC2CC2)C1. The molecule has 1 heterocycles. The van der Waals surface area contributed by atoms with Crippen LogP contribution in [0.3, 0.4) is 0 Å². The maximum Gasteiger partial charge on any atom is 0.193 e. The van der Waals surface area contributed by atoms with Gasteiger partial charge in [-0.2, -0.15) is 0 Å². The van der Waals surface area contributed by atoms with E-state index in [1.807, 2.05) is 7.05 Å². The van der Waals surface area contributed by atoms with Crippen LogP contribution in [0.25, 0.3) is 0 Å². The van der Waals surface area contributed by atoms with Crippen LogP contribution in [0, 0.1) is 5.41 Å². The molecule has 1 saturated heterocycles. The van der Waals surface area contributed by atoms with E-state index in [2.05, 4.69) is 29.1 Å². The highest BCUT2D eigenvalue weighted by Crippen LogP contribution is 2.37. The first kappa shape index (κ1) is 11.7. The molecule has 0 aromatic heterocycles. The van der Waals surface area contributed by atoms with Crippen LogP contribution in [0.1, 0.15) is 46.0 Å². The molecule has 3 nitrogen and oxygen atoms in total. The molecule has 2 rings (SSSR count). The second-order valence-electron chi connectivity index (χ2n) is 5.34. The van der Waals surface area contributed by atoms with Gasteiger partial charge in [-0.3, -0.25) is 4.99 Å². The first-order chi connectivity index (χ1) is 7.73. The van der Waals surface area contributed by atoms with Gasteiger partial charge < -0.3 is 10.2 Å². The summed E-state index contributed by atoms with van der Waals surface area (Å²) in [7, 11) is 1.91. The Morgan fingerprint density at radius 2 is 2.06 bits per heavy atom. The van der Waals surface area contributed by atoms with Crippen molar-refractivity contribution >= 4 is 5.96 Å². The third-order valence-corrected chi connectivity index (χ3v) is 4.36. The summed E-state index contributed by atoms with van der Waals surface area (Å²) in [6.45, 7) is 7.01. The molecule has 1 N–H and O–H groups in total. The minimum atomic E-state index is 0.543. The topological polar surface area (TPSA) is 27.6 Å². The average Bonchev–Trinajstić information content (AvgIpc) is 3.04. The maximum atomic E-state index is 4.42. The van der Waals surface area contributed by atoms with Gasteiger partial charge in [-0.15, -0.1) is 0 Å². The molecule has 0 aromatic carbocycles. The van der Waals surface area contributed by atoms with E-state index in [4.69, 9.17) is 0 Å². The maximum absolute atomic E-state index is 4.42. The first-order valence-corrected chi connectivity index (χ1v) is 6.71. The number of hydrogen-bond acceptors (Lipinski definition) is 1. The zero-order chi connectivity index (χ0) is 11.6. The predicted molar refractivity (Wildman–Crippen MR) is 68.7 cm³/mol. The zero-order valence-corrected chi connectivity index (χ0v) is 10.9.